The lowest BCUT2D eigenvalue weighted by atomic mass is 10.1. The van der Waals surface area contributed by atoms with Crippen molar-refractivity contribution in [3.63, 3.8) is 0 Å². The van der Waals surface area contributed by atoms with E-state index in [0.717, 1.165) is 19.5 Å². The number of anilines is 1. The van der Waals surface area contributed by atoms with E-state index in [0.29, 0.717) is 0 Å². The van der Waals surface area contributed by atoms with Crippen molar-refractivity contribution in [3.05, 3.63) is 29.8 Å². The van der Waals surface area contributed by atoms with Gasteiger partial charge in [0.15, 0.2) is 0 Å². The zero-order valence-electron chi connectivity index (χ0n) is 9.08. The highest BCUT2D eigenvalue weighted by atomic mass is 15.1. The Balaban J connectivity index is 2.21. The van der Waals surface area contributed by atoms with Gasteiger partial charge in [0.2, 0.25) is 0 Å². The maximum Gasteiger partial charge on any atom is 0.0399 e. The van der Waals surface area contributed by atoms with Gasteiger partial charge < -0.3 is 4.90 Å². The van der Waals surface area contributed by atoms with Gasteiger partial charge in [0.1, 0.15) is 0 Å². The van der Waals surface area contributed by atoms with E-state index in [1.807, 2.05) is 0 Å². The Morgan fingerprint density at radius 3 is 3.00 bits per heavy atom. The van der Waals surface area contributed by atoms with Crippen LogP contribution in [0.4, 0.5) is 5.69 Å². The quantitative estimate of drug-likeness (QED) is 0.662. The molecule has 0 saturated carbocycles. The Morgan fingerprint density at radius 2 is 2.13 bits per heavy atom. The van der Waals surface area contributed by atoms with Gasteiger partial charge in [0.05, 0.1) is 0 Å². The zero-order chi connectivity index (χ0) is 10.5. The summed E-state index contributed by atoms with van der Waals surface area (Å²) < 4.78 is 0. The number of rotatable bonds is 2. The summed E-state index contributed by atoms with van der Waals surface area (Å²) in [7, 11) is 0. The Labute approximate surface area is 92.1 Å². The third kappa shape index (κ3) is 2.33. The van der Waals surface area contributed by atoms with Crippen LogP contribution in [0.1, 0.15) is 24.8 Å². The van der Waals surface area contributed by atoms with Crippen molar-refractivity contribution in [2.75, 3.05) is 18.0 Å². The summed E-state index contributed by atoms with van der Waals surface area (Å²) in [5.41, 5.74) is 2.87. The minimum absolute atomic E-state index is 0.842. The normalized spacial score (nSPS) is 15.3. The lowest BCUT2D eigenvalue weighted by molar-refractivity contribution is 0.717. The fraction of sp³-hybridized carbons (Fsp3) is 0.429. The first kappa shape index (κ1) is 10.1. The molecule has 78 valence electrons. The molecule has 0 radical (unpaired) electrons. The molecule has 0 amide bonds. The standard InChI is InChI=1S/C14H17N/c1-2-3-11-15-12-7-6-9-13-8-4-5-10-14(13)15/h1,4-5,8,10H,3,6-7,9,11-12H2. The van der Waals surface area contributed by atoms with Crippen molar-refractivity contribution in [3.8, 4) is 12.3 Å². The van der Waals surface area contributed by atoms with E-state index in [-0.39, 0.29) is 0 Å². The SMILES string of the molecule is C#CCCN1CCCCc2ccccc21. The van der Waals surface area contributed by atoms with Crippen LogP contribution in [0.25, 0.3) is 0 Å². The van der Waals surface area contributed by atoms with E-state index in [1.54, 1.807) is 0 Å². The second kappa shape index (κ2) is 4.89. The van der Waals surface area contributed by atoms with E-state index in [9.17, 15) is 0 Å². The largest absolute Gasteiger partial charge is 0.370 e. The third-order valence-corrected chi connectivity index (χ3v) is 2.98. The Bertz CT molecular complexity index is 362. The molecule has 1 nitrogen and oxygen atoms in total. The summed E-state index contributed by atoms with van der Waals surface area (Å²) in [6.07, 6.45) is 9.95. The molecule has 0 aliphatic carbocycles. The molecule has 0 fully saturated rings. The summed E-state index contributed by atoms with van der Waals surface area (Å²) in [6.45, 7) is 2.15. The average molecular weight is 199 g/mol. The molecule has 0 unspecified atom stereocenters. The number of fused-ring (bicyclic) bond motifs is 1. The fourth-order valence-corrected chi connectivity index (χ4v) is 2.20. The first-order chi connectivity index (χ1) is 7.42. The summed E-state index contributed by atoms with van der Waals surface area (Å²) in [6, 6.07) is 8.71. The smallest absolute Gasteiger partial charge is 0.0399 e. The van der Waals surface area contributed by atoms with Gasteiger partial charge in [0, 0.05) is 25.2 Å². The lowest BCUT2D eigenvalue weighted by Crippen LogP contribution is -2.24. The highest BCUT2D eigenvalue weighted by molar-refractivity contribution is 5.54. The summed E-state index contributed by atoms with van der Waals surface area (Å²) in [5.74, 6) is 2.72. The number of terminal acetylenes is 1. The van der Waals surface area contributed by atoms with Crippen LogP contribution in [0.5, 0.6) is 0 Å². The Kier molecular flexibility index (Phi) is 3.29. The predicted molar refractivity (Wildman–Crippen MR) is 65.0 cm³/mol. The molecule has 1 aromatic carbocycles. The highest BCUT2D eigenvalue weighted by Gasteiger charge is 2.13. The molecule has 15 heavy (non-hydrogen) atoms. The monoisotopic (exact) mass is 199 g/mol. The van der Waals surface area contributed by atoms with Crippen molar-refractivity contribution >= 4 is 5.69 Å². The van der Waals surface area contributed by atoms with Gasteiger partial charge in [-0.05, 0) is 30.9 Å². The summed E-state index contributed by atoms with van der Waals surface area (Å²) in [4.78, 5) is 2.43. The average Bonchev–Trinajstić information content (AvgIpc) is 2.49. The number of benzene rings is 1. The second-order valence-corrected chi connectivity index (χ2v) is 4.03. The van der Waals surface area contributed by atoms with Crippen molar-refractivity contribution in [2.45, 2.75) is 25.7 Å². The number of aryl methyl sites for hydroxylation is 1. The first-order valence-electron chi connectivity index (χ1n) is 5.68. The lowest BCUT2D eigenvalue weighted by Gasteiger charge is -2.23. The summed E-state index contributed by atoms with van der Waals surface area (Å²) in [5, 5.41) is 0. The minimum atomic E-state index is 0.842. The van der Waals surface area contributed by atoms with Crippen LogP contribution in [0.2, 0.25) is 0 Å². The van der Waals surface area contributed by atoms with E-state index < -0.39 is 0 Å². The maximum absolute atomic E-state index is 5.33. The molecule has 1 heteroatoms. The number of hydrogen-bond acceptors (Lipinski definition) is 1. The minimum Gasteiger partial charge on any atom is -0.370 e. The van der Waals surface area contributed by atoms with Gasteiger partial charge in [-0.2, -0.15) is 0 Å². The Hall–Kier alpha value is -1.42. The molecule has 0 N–H and O–H groups in total. The molecule has 1 aliphatic heterocycles. The molecular weight excluding hydrogens is 182 g/mol. The van der Waals surface area contributed by atoms with Crippen LogP contribution in [-0.4, -0.2) is 13.1 Å². The molecule has 1 aromatic rings. The zero-order valence-corrected chi connectivity index (χ0v) is 9.08. The first-order valence-corrected chi connectivity index (χ1v) is 5.68. The molecule has 0 saturated heterocycles. The van der Waals surface area contributed by atoms with Gasteiger partial charge in [-0.15, -0.1) is 12.3 Å². The van der Waals surface area contributed by atoms with Crippen LogP contribution in [0.3, 0.4) is 0 Å². The van der Waals surface area contributed by atoms with E-state index in [2.05, 4.69) is 35.1 Å². The molecule has 0 bridgehead atoms. The van der Waals surface area contributed by atoms with Crippen molar-refractivity contribution < 1.29 is 0 Å². The van der Waals surface area contributed by atoms with Crippen molar-refractivity contribution in [1.82, 2.24) is 0 Å². The molecular formula is C14H17N. The summed E-state index contributed by atoms with van der Waals surface area (Å²) >= 11 is 0. The van der Waals surface area contributed by atoms with E-state index >= 15 is 0 Å². The number of hydrogen-bond donors (Lipinski definition) is 0. The van der Waals surface area contributed by atoms with Crippen LogP contribution < -0.4 is 4.90 Å². The molecule has 0 atom stereocenters. The third-order valence-electron chi connectivity index (χ3n) is 2.98. The van der Waals surface area contributed by atoms with Crippen molar-refractivity contribution in [2.24, 2.45) is 0 Å². The topological polar surface area (TPSA) is 3.24 Å². The molecule has 1 heterocycles. The number of nitrogens with zero attached hydrogens (tertiary/aromatic N) is 1. The molecule has 1 aliphatic rings. The van der Waals surface area contributed by atoms with Gasteiger partial charge in [-0.25, -0.2) is 0 Å². The van der Waals surface area contributed by atoms with Gasteiger partial charge in [0.25, 0.3) is 0 Å². The van der Waals surface area contributed by atoms with E-state index in [4.69, 9.17) is 6.42 Å². The molecule has 0 aromatic heterocycles. The van der Waals surface area contributed by atoms with Gasteiger partial charge in [-0.1, -0.05) is 18.2 Å². The fourth-order valence-electron chi connectivity index (χ4n) is 2.20. The van der Waals surface area contributed by atoms with Crippen LogP contribution in [-0.2, 0) is 6.42 Å². The van der Waals surface area contributed by atoms with Crippen LogP contribution in [0.15, 0.2) is 24.3 Å². The van der Waals surface area contributed by atoms with Gasteiger partial charge in [-0.3, -0.25) is 0 Å². The number of para-hydroxylation sites is 1. The van der Waals surface area contributed by atoms with E-state index in [1.165, 1.54) is 30.5 Å². The van der Waals surface area contributed by atoms with Crippen molar-refractivity contribution in [1.29, 1.82) is 0 Å². The molecule has 2 rings (SSSR count). The maximum atomic E-state index is 5.33. The Morgan fingerprint density at radius 1 is 1.27 bits per heavy atom. The highest BCUT2D eigenvalue weighted by Crippen LogP contribution is 2.25. The van der Waals surface area contributed by atoms with Crippen LogP contribution >= 0.6 is 0 Å². The second-order valence-electron chi connectivity index (χ2n) is 4.03. The molecule has 0 spiro atoms. The van der Waals surface area contributed by atoms with Gasteiger partial charge >= 0.3 is 0 Å². The van der Waals surface area contributed by atoms with Crippen LogP contribution in [0, 0.1) is 12.3 Å². The predicted octanol–water partition coefficient (Wildman–Crippen LogP) is 2.85.